The minimum Gasteiger partial charge on any atom is -0.374 e. The second-order valence-corrected chi connectivity index (χ2v) is 45.3. The topological polar surface area (TPSA) is 226 Å². The molecule has 34 heteroatoms. The van der Waals surface area contributed by atoms with Gasteiger partial charge in [0.15, 0.2) is 0 Å². The predicted octanol–water partition coefficient (Wildman–Crippen LogP) is 25.2. The summed E-state index contributed by atoms with van der Waals surface area (Å²) in [5.41, 5.74) is 3.92. The SMILES string of the molecule is CC1=C/CCC(c2ccc(-c3c4/c(=C(\C#N)c5nc6ccc(C)cc6s5)n(B(c5ccccc5)c5ccccc5)c(-c5ccc(C6(SC(F)(F)C(F)(F)C(F)(F)S(=O)(=O)O)CCC/C=C\CCCCCCCCCCCCC6)cc5)c4/c(=C(\C#N)c4nc5ccc(C)cc5s4)n3B(c3ccccc3)c3ccccc3)cc2)(S(=O)(=O)C(F)(F)C(F)(F)C(F)(F)S(=O)(=O)O)CCCCCC(C)CCC/C=C\1. The average Bonchev–Trinajstić information content (AvgIpc) is 1.61. The maximum Gasteiger partial charge on any atom is 0.439 e. The largest absolute Gasteiger partial charge is 0.439 e. The van der Waals surface area contributed by atoms with E-state index in [-0.39, 0.29) is 109 Å². The van der Waals surface area contributed by atoms with Gasteiger partial charge in [0.1, 0.15) is 38.0 Å². The summed E-state index contributed by atoms with van der Waals surface area (Å²) in [6.45, 7) is 4.91. The summed E-state index contributed by atoms with van der Waals surface area (Å²) >= 11 is 1.42. The molecule has 0 saturated carbocycles. The molecule has 0 bridgehead atoms. The molecular weight excluding hydrogens is 1920 g/mol. The number of benzene rings is 8. The third-order valence-electron chi connectivity index (χ3n) is 26.8. The zero-order valence-electron chi connectivity index (χ0n) is 77.1. The van der Waals surface area contributed by atoms with E-state index in [4.69, 9.17) is 9.97 Å². The van der Waals surface area contributed by atoms with Gasteiger partial charge in [-0.05, 0) is 155 Å². The zero-order chi connectivity index (χ0) is 99.7. The van der Waals surface area contributed by atoms with Gasteiger partial charge in [-0.15, -0.1) is 22.7 Å². The van der Waals surface area contributed by atoms with Crippen molar-refractivity contribution in [1.29, 1.82) is 10.5 Å². The molecule has 0 saturated heterocycles. The number of fused-ring (bicyclic) bond motifs is 3. The maximum absolute atomic E-state index is 17.9. The smallest absolute Gasteiger partial charge is 0.374 e. The Hall–Kier alpha value is -10.3. The van der Waals surface area contributed by atoms with E-state index in [0.29, 0.717) is 92.8 Å². The molecule has 8 aromatic carbocycles. The third kappa shape index (κ3) is 21.2. The molecule has 14 nitrogen and oxygen atoms in total. The Morgan fingerprint density at radius 2 is 0.820 bits per heavy atom. The number of sulfone groups is 1. The van der Waals surface area contributed by atoms with E-state index in [1.165, 1.54) is 42.5 Å². The van der Waals surface area contributed by atoms with Gasteiger partial charge in [-0.2, -0.15) is 80.0 Å². The molecule has 4 heterocycles. The summed E-state index contributed by atoms with van der Waals surface area (Å²) in [5, 5.41) is -0.639. The lowest BCUT2D eigenvalue weighted by atomic mass is 9.50. The molecule has 0 radical (unpaired) electrons. The minimum absolute atomic E-state index is 0.00817. The average molecular weight is 2020 g/mol. The Morgan fingerprint density at radius 3 is 1.26 bits per heavy atom. The maximum atomic E-state index is 17.9. The van der Waals surface area contributed by atoms with Gasteiger partial charge < -0.3 is 8.96 Å². The van der Waals surface area contributed by atoms with E-state index >= 15 is 61.1 Å². The van der Waals surface area contributed by atoms with E-state index in [1.807, 2.05) is 96.5 Å². The molecule has 139 heavy (non-hydrogen) atoms. The van der Waals surface area contributed by atoms with E-state index in [2.05, 4.69) is 12.1 Å². The number of nitrogens with zero attached hydrogens (tertiary/aromatic N) is 6. The molecular formula is C105H106B2F12N6O8S6. The van der Waals surface area contributed by atoms with Gasteiger partial charge in [0.05, 0.1) is 31.1 Å². The quantitative estimate of drug-likeness (QED) is 0.0279. The Labute approximate surface area is 815 Å². The molecule has 14 rings (SSSR count). The van der Waals surface area contributed by atoms with Crippen LogP contribution in [0.5, 0.6) is 0 Å². The summed E-state index contributed by atoms with van der Waals surface area (Å²) in [4.78, 5) is 10.5. The summed E-state index contributed by atoms with van der Waals surface area (Å²) in [5.74, 6) is -14.1. The van der Waals surface area contributed by atoms with E-state index in [0.717, 1.165) is 104 Å². The fourth-order valence-electron chi connectivity index (χ4n) is 19.5. The molecule has 3 atom stereocenters. The molecule has 2 N–H and O–H groups in total. The van der Waals surface area contributed by atoms with Crippen LogP contribution >= 0.6 is 34.4 Å². The number of halogens is 12. The van der Waals surface area contributed by atoms with Crippen LogP contribution in [0.1, 0.15) is 213 Å². The van der Waals surface area contributed by atoms with Gasteiger partial charge in [0.2, 0.25) is 9.84 Å². The fourth-order valence-corrected chi connectivity index (χ4v) is 26.4. The highest BCUT2D eigenvalue weighted by Gasteiger charge is 2.84. The van der Waals surface area contributed by atoms with Crippen LogP contribution in [0.2, 0.25) is 0 Å². The first-order valence-electron chi connectivity index (χ1n) is 46.8. The van der Waals surface area contributed by atoms with Crippen molar-refractivity contribution < 1.29 is 87.0 Å². The molecule has 12 aromatic rings. The summed E-state index contributed by atoms with van der Waals surface area (Å²) in [7, 11) is -22.1. The van der Waals surface area contributed by atoms with Crippen molar-refractivity contribution in [2.24, 2.45) is 5.92 Å². The lowest BCUT2D eigenvalue weighted by Gasteiger charge is -2.40. The van der Waals surface area contributed by atoms with Gasteiger partial charge >= 0.3 is 66.8 Å². The molecule has 2 aliphatic rings. The van der Waals surface area contributed by atoms with Gasteiger partial charge in [-0.25, -0.2) is 18.4 Å². The Bertz CT molecular complexity index is 6920. The summed E-state index contributed by atoms with van der Waals surface area (Å²) in [6.07, 6.45) is 17.3. The van der Waals surface area contributed by atoms with Crippen molar-refractivity contribution >= 4 is 142 Å². The number of aryl methyl sites for hydroxylation is 2. The first-order valence-corrected chi connectivity index (χ1v) is 53.6. The van der Waals surface area contributed by atoms with Crippen LogP contribution in [0, 0.1) is 42.4 Å². The molecule has 3 unspecified atom stereocenters. The normalized spacial score (nSPS) is 19.8. The monoisotopic (exact) mass is 2020 g/mol. The van der Waals surface area contributed by atoms with Crippen LogP contribution < -0.4 is 32.5 Å². The predicted molar refractivity (Wildman–Crippen MR) is 536 cm³/mol. The fraction of sp³-hybridized carbons (Fsp3) is 0.371. The van der Waals surface area contributed by atoms with Gasteiger partial charge in [-0.3, -0.25) is 9.11 Å². The minimum atomic E-state index is -7.54. The number of thiazole rings is 2. The third-order valence-corrected chi connectivity index (χ3v) is 34.8. The number of thioether (sulfide) groups is 1. The highest BCUT2D eigenvalue weighted by atomic mass is 32.2. The molecule has 0 spiro atoms. The number of hydrogen-bond acceptors (Lipinski definition) is 13. The molecule has 4 aromatic heterocycles. The number of alkyl halides is 12. The second-order valence-electron chi connectivity index (χ2n) is 36.5. The summed E-state index contributed by atoms with van der Waals surface area (Å²) < 4.78 is 303. The van der Waals surface area contributed by atoms with Gasteiger partial charge in [0.25, 0.3) is 0 Å². The van der Waals surface area contributed by atoms with Crippen molar-refractivity contribution in [1.82, 2.24) is 18.9 Å². The Balaban J connectivity index is 1.21. The van der Waals surface area contributed by atoms with Crippen molar-refractivity contribution in [2.75, 3.05) is 0 Å². The van der Waals surface area contributed by atoms with Crippen LogP contribution in [0.15, 0.2) is 242 Å². The zero-order valence-corrected chi connectivity index (χ0v) is 82.0. The van der Waals surface area contributed by atoms with Crippen molar-refractivity contribution in [2.45, 2.75) is 237 Å². The van der Waals surface area contributed by atoms with Crippen LogP contribution in [-0.2, 0) is 39.6 Å². The summed E-state index contributed by atoms with van der Waals surface area (Å²) in [6, 6.07) is 62.2. The highest BCUT2D eigenvalue weighted by Crippen LogP contribution is 2.62. The van der Waals surface area contributed by atoms with Crippen molar-refractivity contribution in [3.05, 3.63) is 285 Å². The number of allylic oxidation sites excluding steroid dienone is 6. The molecule has 0 fully saturated rings. The number of rotatable bonds is 22. The van der Waals surface area contributed by atoms with E-state index in [9.17, 15) is 36.5 Å². The van der Waals surface area contributed by atoms with E-state index in [1.54, 1.807) is 122 Å². The molecule has 0 amide bonds. The van der Waals surface area contributed by atoms with Crippen molar-refractivity contribution in [3.8, 4) is 34.7 Å². The van der Waals surface area contributed by atoms with Gasteiger partial charge in [-0.1, -0.05) is 355 Å². The number of hydrogen-bond donors (Lipinski definition) is 2. The molecule has 730 valence electrons. The molecule has 0 aliphatic heterocycles. The number of nitriles is 2. The standard InChI is InChI=1S/C105H106B2F12N6O8S6/c1-72-40-25-19-26-41-73(2)43-39-67-99(66-38-24-27-42-72,137(126,127)103(114,115)101(110,111)105(118,119)139(131,132)133)79-60-56-77(57-61-79)93-91-90(94(84(70-120)96-122-86-62-52-74(3)68-88(86)134-96)125(93)107(82-48-32-22-33-49-82)83-50-34-23-35-51-83)92(124(106(80-44-28-20-29-45-80)81-46-30-21-31-47-81)95(91)85(71-121)97-123-87-63-53-75(4)69-89(87)135-97)76-54-58-78(59-55-76)98(136-102(112,113)100(108,109)104(116,117)138(128,129)130)64-36-17-15-13-11-9-7-5-6-8-10-12-14-16-18-37-65-98/h13,15,20-23,26,28-35,41,43-63,68-69,72H,5-12,14,16-19,24-25,27,36-40,42,64-67H2,1-4H3,(H,128,129,130)(H,131,132,133)/b15-13-,41-26-,73-43-,94-84-,95-85-. The van der Waals surface area contributed by atoms with Crippen LogP contribution in [-0.4, -0.2) is 99.8 Å². The lowest BCUT2D eigenvalue weighted by Crippen LogP contribution is -2.63. The first-order chi connectivity index (χ1) is 66.1. The van der Waals surface area contributed by atoms with Crippen LogP contribution in [0.25, 0.3) is 64.9 Å². The first kappa shape index (κ1) is 105. The lowest BCUT2D eigenvalue weighted by molar-refractivity contribution is -0.246. The van der Waals surface area contributed by atoms with Crippen LogP contribution in [0.3, 0.4) is 0 Å². The Kier molecular flexibility index (Phi) is 32.5. The highest BCUT2D eigenvalue weighted by molar-refractivity contribution is 8.01. The Morgan fingerprint density at radius 1 is 0.439 bits per heavy atom. The molecule has 2 aliphatic carbocycles. The second kappa shape index (κ2) is 43.3. The van der Waals surface area contributed by atoms with Crippen LogP contribution in [0.4, 0.5) is 52.7 Å². The van der Waals surface area contributed by atoms with Gasteiger partial charge in [0, 0.05) is 26.9 Å². The van der Waals surface area contributed by atoms with E-state index < -0.39 is 136 Å². The van der Waals surface area contributed by atoms with Crippen molar-refractivity contribution in [3.63, 3.8) is 0 Å². The number of aromatic nitrogens is 4.